The molecular weight excluding hydrogens is 356 g/mol. The van der Waals surface area contributed by atoms with Crippen molar-refractivity contribution in [3.8, 4) is 0 Å². The van der Waals surface area contributed by atoms with Gasteiger partial charge in [-0.3, -0.25) is 4.98 Å². The number of benzene rings is 2. The summed E-state index contributed by atoms with van der Waals surface area (Å²) < 4.78 is 5.41. The lowest BCUT2D eigenvalue weighted by atomic mass is 9.84. The molecule has 2 heterocycles. The molecule has 3 nitrogen and oxygen atoms in total. The molecule has 0 spiro atoms. The lowest BCUT2D eigenvalue weighted by Gasteiger charge is -2.40. The van der Waals surface area contributed by atoms with Gasteiger partial charge in [-0.15, -0.1) is 0 Å². The van der Waals surface area contributed by atoms with Crippen molar-refractivity contribution in [1.29, 1.82) is 0 Å². The Hall–Kier alpha value is -2.65. The second-order valence-electron chi connectivity index (χ2n) is 8.11. The zero-order valence-corrected chi connectivity index (χ0v) is 17.6. The molecule has 1 aliphatic heterocycles. The smallest absolute Gasteiger partial charge is 0.0920 e. The highest BCUT2D eigenvalue weighted by Crippen LogP contribution is 2.33. The first kappa shape index (κ1) is 19.7. The number of nitrogens with zero attached hydrogens (tertiary/aromatic N) is 2. The summed E-state index contributed by atoms with van der Waals surface area (Å²) in [7, 11) is 1.79. The van der Waals surface area contributed by atoms with Crippen LogP contribution in [0.3, 0.4) is 0 Å². The summed E-state index contributed by atoms with van der Waals surface area (Å²) in [5.41, 5.74) is 7.91. The number of ether oxygens (including phenoxy) is 1. The van der Waals surface area contributed by atoms with Gasteiger partial charge in [0, 0.05) is 43.7 Å². The molecule has 1 aromatic heterocycles. The predicted octanol–water partition coefficient (Wildman–Crippen LogP) is 5.30. The Morgan fingerprint density at radius 2 is 1.79 bits per heavy atom. The van der Waals surface area contributed by atoms with E-state index in [9.17, 15) is 0 Å². The number of anilines is 1. The van der Waals surface area contributed by atoms with E-state index in [-0.39, 0.29) is 0 Å². The van der Waals surface area contributed by atoms with Gasteiger partial charge in [0.25, 0.3) is 0 Å². The molecule has 4 rings (SSSR count). The highest BCUT2D eigenvalue weighted by atomic mass is 16.5. The van der Waals surface area contributed by atoms with Crippen molar-refractivity contribution in [2.75, 3.05) is 25.1 Å². The zero-order chi connectivity index (χ0) is 20.2. The molecule has 150 valence electrons. The van der Waals surface area contributed by atoms with Crippen LogP contribution >= 0.6 is 0 Å². The monoisotopic (exact) mass is 386 g/mol. The molecule has 3 heteroatoms. The quantitative estimate of drug-likeness (QED) is 0.551. The highest BCUT2D eigenvalue weighted by Gasteiger charge is 2.26. The first-order valence-electron chi connectivity index (χ1n) is 10.5. The third-order valence-electron chi connectivity index (χ3n) is 6.09. The Bertz CT molecular complexity index is 945. The van der Waals surface area contributed by atoms with Crippen LogP contribution in [0.4, 0.5) is 5.69 Å². The number of hydrogen-bond acceptors (Lipinski definition) is 3. The topological polar surface area (TPSA) is 25.4 Å². The minimum Gasteiger partial charge on any atom is -0.378 e. The van der Waals surface area contributed by atoms with E-state index in [0.717, 1.165) is 31.6 Å². The van der Waals surface area contributed by atoms with Crippen molar-refractivity contribution in [1.82, 2.24) is 4.98 Å². The van der Waals surface area contributed by atoms with Crippen molar-refractivity contribution >= 4 is 5.69 Å². The summed E-state index contributed by atoms with van der Waals surface area (Å²) in [6, 6.07) is 22.3. The van der Waals surface area contributed by atoms with Crippen LogP contribution in [-0.4, -0.2) is 31.3 Å². The summed E-state index contributed by atoms with van der Waals surface area (Å²) in [4.78, 5) is 6.71. The summed E-state index contributed by atoms with van der Waals surface area (Å²) in [5.74, 6) is 0.391. The normalized spacial score (nSPS) is 15.2. The van der Waals surface area contributed by atoms with Gasteiger partial charge in [0.2, 0.25) is 0 Å². The molecular formula is C26H30N2O. The molecule has 0 N–H and O–H groups in total. The molecule has 3 aromatic rings. The maximum Gasteiger partial charge on any atom is 0.0920 e. The lowest BCUT2D eigenvalue weighted by molar-refractivity contribution is 0.0788. The zero-order valence-electron chi connectivity index (χ0n) is 17.6. The van der Waals surface area contributed by atoms with Crippen LogP contribution in [0.25, 0.3) is 0 Å². The van der Waals surface area contributed by atoms with Gasteiger partial charge in [0.15, 0.2) is 0 Å². The Kier molecular flexibility index (Phi) is 5.96. The Labute approximate surface area is 174 Å². The molecule has 0 amide bonds. The minimum atomic E-state index is 0.373. The standard InChI is InChI=1S/C26H30N2O/c1-19-6-4-5-7-25(19)26(13-8-21-14-15-27-20(2)16-21)22-9-11-23(12-10-22)28-17-24(18-28)29-3/h4-7,9-12,14-16,24,26H,8,13,17-18H2,1-3H3/t26-/m1/s1. The fraction of sp³-hybridized carbons (Fsp3) is 0.346. The molecule has 0 radical (unpaired) electrons. The van der Waals surface area contributed by atoms with Gasteiger partial charge in [-0.05, 0) is 73.2 Å². The van der Waals surface area contributed by atoms with E-state index in [2.05, 4.69) is 84.4 Å². The van der Waals surface area contributed by atoms with Crippen LogP contribution in [0.2, 0.25) is 0 Å². The molecule has 0 aliphatic carbocycles. The van der Waals surface area contributed by atoms with E-state index < -0.39 is 0 Å². The maximum atomic E-state index is 5.41. The molecule has 1 fully saturated rings. The molecule has 1 aliphatic rings. The van der Waals surface area contributed by atoms with E-state index in [1.165, 1.54) is 27.9 Å². The van der Waals surface area contributed by atoms with Gasteiger partial charge in [-0.2, -0.15) is 0 Å². The van der Waals surface area contributed by atoms with Crippen LogP contribution in [0.15, 0.2) is 66.9 Å². The fourth-order valence-corrected chi connectivity index (χ4v) is 4.27. The number of rotatable bonds is 7. The van der Waals surface area contributed by atoms with Gasteiger partial charge < -0.3 is 9.64 Å². The summed E-state index contributed by atoms with van der Waals surface area (Å²) in [6.45, 7) is 6.25. The Morgan fingerprint density at radius 1 is 1.03 bits per heavy atom. The maximum absolute atomic E-state index is 5.41. The molecule has 29 heavy (non-hydrogen) atoms. The van der Waals surface area contributed by atoms with Gasteiger partial charge in [-0.1, -0.05) is 36.4 Å². The number of aromatic nitrogens is 1. The van der Waals surface area contributed by atoms with E-state index in [4.69, 9.17) is 4.74 Å². The second kappa shape index (κ2) is 8.79. The number of pyridine rings is 1. The molecule has 2 aromatic carbocycles. The lowest BCUT2D eigenvalue weighted by Crippen LogP contribution is -2.51. The van der Waals surface area contributed by atoms with Crippen molar-refractivity contribution < 1.29 is 4.74 Å². The highest BCUT2D eigenvalue weighted by molar-refractivity contribution is 5.52. The average molecular weight is 387 g/mol. The van der Waals surface area contributed by atoms with Crippen molar-refractivity contribution in [2.24, 2.45) is 0 Å². The molecule has 0 saturated carbocycles. The Morgan fingerprint density at radius 3 is 2.48 bits per heavy atom. The summed E-state index contributed by atoms with van der Waals surface area (Å²) >= 11 is 0. The first-order valence-corrected chi connectivity index (χ1v) is 10.5. The Balaban J connectivity index is 1.56. The van der Waals surface area contributed by atoms with Gasteiger partial charge >= 0.3 is 0 Å². The predicted molar refractivity (Wildman–Crippen MR) is 120 cm³/mol. The minimum absolute atomic E-state index is 0.373. The number of methoxy groups -OCH3 is 1. The van der Waals surface area contributed by atoms with Gasteiger partial charge in [-0.25, -0.2) is 0 Å². The number of aryl methyl sites for hydroxylation is 3. The van der Waals surface area contributed by atoms with E-state index in [1.54, 1.807) is 7.11 Å². The average Bonchev–Trinajstić information content (AvgIpc) is 2.70. The largest absolute Gasteiger partial charge is 0.378 e. The first-order chi connectivity index (χ1) is 14.1. The van der Waals surface area contributed by atoms with Gasteiger partial charge in [0.05, 0.1) is 6.10 Å². The summed E-state index contributed by atoms with van der Waals surface area (Å²) in [6.07, 6.45) is 4.43. The fourth-order valence-electron chi connectivity index (χ4n) is 4.27. The molecule has 0 bridgehead atoms. The SMILES string of the molecule is COC1CN(c2ccc([C@@H](CCc3ccnc(C)c3)c3ccccc3C)cc2)C1. The van der Waals surface area contributed by atoms with Crippen LogP contribution < -0.4 is 4.90 Å². The van der Waals surface area contributed by atoms with Crippen LogP contribution in [0, 0.1) is 13.8 Å². The van der Waals surface area contributed by atoms with Crippen LogP contribution in [-0.2, 0) is 11.2 Å². The van der Waals surface area contributed by atoms with Gasteiger partial charge in [0.1, 0.15) is 0 Å². The van der Waals surface area contributed by atoms with Crippen LogP contribution in [0.1, 0.15) is 40.3 Å². The van der Waals surface area contributed by atoms with Crippen molar-refractivity contribution in [3.05, 3.63) is 94.8 Å². The van der Waals surface area contributed by atoms with E-state index in [0.29, 0.717) is 12.0 Å². The third kappa shape index (κ3) is 4.51. The third-order valence-corrected chi connectivity index (χ3v) is 6.09. The van der Waals surface area contributed by atoms with Crippen LogP contribution in [0.5, 0.6) is 0 Å². The second-order valence-corrected chi connectivity index (χ2v) is 8.11. The van der Waals surface area contributed by atoms with Crippen molar-refractivity contribution in [3.63, 3.8) is 0 Å². The number of hydrogen-bond donors (Lipinski definition) is 0. The molecule has 1 saturated heterocycles. The van der Waals surface area contributed by atoms with E-state index in [1.807, 2.05) is 6.20 Å². The molecule has 0 unspecified atom stereocenters. The summed E-state index contributed by atoms with van der Waals surface area (Å²) in [5, 5.41) is 0. The molecule has 1 atom stereocenters. The van der Waals surface area contributed by atoms with Crippen molar-refractivity contribution in [2.45, 2.75) is 38.7 Å². The van der Waals surface area contributed by atoms with E-state index >= 15 is 0 Å².